The van der Waals surface area contributed by atoms with Crippen LogP contribution in [0.5, 0.6) is 0 Å². The molecule has 0 bridgehead atoms. The molecule has 0 aliphatic heterocycles. The highest BCUT2D eigenvalue weighted by Crippen LogP contribution is 2.27. The van der Waals surface area contributed by atoms with Gasteiger partial charge < -0.3 is 5.32 Å². The lowest BCUT2D eigenvalue weighted by molar-refractivity contribution is -0.136. The monoisotopic (exact) mass is 435 g/mol. The third-order valence-electron chi connectivity index (χ3n) is 4.56. The molecule has 4 rings (SSSR count). The Hall–Kier alpha value is -3.41. The number of nitrogens with one attached hydrogen (secondary N) is 2. The van der Waals surface area contributed by atoms with Gasteiger partial charge >= 0.3 is 11.8 Å². The van der Waals surface area contributed by atoms with Gasteiger partial charge in [-0.3, -0.25) is 9.59 Å². The minimum atomic E-state index is -0.924. The zero-order valence-electron chi connectivity index (χ0n) is 15.5. The Balaban J connectivity index is 1.56. The van der Waals surface area contributed by atoms with Crippen molar-refractivity contribution in [2.75, 3.05) is 5.32 Å². The van der Waals surface area contributed by atoms with E-state index in [-0.39, 0.29) is 10.7 Å². The van der Waals surface area contributed by atoms with E-state index in [0.29, 0.717) is 5.02 Å². The van der Waals surface area contributed by atoms with Crippen LogP contribution in [0.15, 0.2) is 77.9 Å². The maximum absolute atomic E-state index is 12.1. The van der Waals surface area contributed by atoms with Crippen LogP contribution < -0.4 is 10.7 Å². The van der Waals surface area contributed by atoms with Gasteiger partial charge in [0.15, 0.2) is 0 Å². The second-order valence-corrected chi connectivity index (χ2v) is 7.35. The minimum Gasteiger partial charge on any atom is -0.316 e. The van der Waals surface area contributed by atoms with Crippen molar-refractivity contribution in [2.45, 2.75) is 0 Å². The molecule has 0 spiro atoms. The number of nitrogens with zero attached hydrogens (tertiary/aromatic N) is 1. The van der Waals surface area contributed by atoms with Gasteiger partial charge in [0.25, 0.3) is 0 Å². The lowest BCUT2D eigenvalue weighted by Gasteiger charge is -2.08. The van der Waals surface area contributed by atoms with Crippen LogP contribution in [0.3, 0.4) is 0 Å². The average Bonchev–Trinajstić information content (AvgIpc) is 2.75. The van der Waals surface area contributed by atoms with Crippen molar-refractivity contribution >= 4 is 68.5 Å². The van der Waals surface area contributed by atoms with Crippen LogP contribution in [0.1, 0.15) is 5.56 Å². The molecule has 0 aromatic heterocycles. The Labute approximate surface area is 182 Å². The van der Waals surface area contributed by atoms with Crippen molar-refractivity contribution in [2.24, 2.45) is 5.10 Å². The largest absolute Gasteiger partial charge is 0.329 e. The predicted molar refractivity (Wildman–Crippen MR) is 122 cm³/mol. The summed E-state index contributed by atoms with van der Waals surface area (Å²) in [5.41, 5.74) is 3.35. The number of carbonyl (C=O) groups is 2. The van der Waals surface area contributed by atoms with Crippen LogP contribution >= 0.6 is 23.2 Å². The number of fused-ring (bicyclic) bond motifs is 2. The number of carbonyl (C=O) groups excluding carboxylic acids is 2. The lowest BCUT2D eigenvalue weighted by Crippen LogP contribution is -2.32. The van der Waals surface area contributed by atoms with E-state index < -0.39 is 11.8 Å². The lowest BCUT2D eigenvalue weighted by atomic mass is 9.97. The van der Waals surface area contributed by atoms with E-state index in [2.05, 4.69) is 21.9 Å². The van der Waals surface area contributed by atoms with E-state index in [0.717, 1.165) is 27.1 Å². The topological polar surface area (TPSA) is 70.6 Å². The number of benzene rings is 4. The van der Waals surface area contributed by atoms with Crippen LogP contribution in [0.25, 0.3) is 21.5 Å². The quantitative estimate of drug-likeness (QED) is 0.196. The number of hydrogen-bond acceptors (Lipinski definition) is 3. The van der Waals surface area contributed by atoms with E-state index in [9.17, 15) is 9.59 Å². The van der Waals surface area contributed by atoms with Crippen molar-refractivity contribution in [3.8, 4) is 0 Å². The summed E-state index contributed by atoms with van der Waals surface area (Å²) in [6.07, 6.45) is 1.54. The maximum Gasteiger partial charge on any atom is 0.329 e. The van der Waals surface area contributed by atoms with Crippen molar-refractivity contribution in [1.29, 1.82) is 0 Å². The fraction of sp³-hybridized carbons (Fsp3) is 0. The van der Waals surface area contributed by atoms with E-state index in [4.69, 9.17) is 23.2 Å². The number of anilines is 1. The molecular formula is C23H15Cl2N3O2. The van der Waals surface area contributed by atoms with Gasteiger partial charge in [-0.25, -0.2) is 5.43 Å². The molecule has 2 amide bonds. The molecule has 0 atom stereocenters. The van der Waals surface area contributed by atoms with Crippen molar-refractivity contribution < 1.29 is 9.59 Å². The second kappa shape index (κ2) is 8.53. The van der Waals surface area contributed by atoms with Gasteiger partial charge in [-0.15, -0.1) is 0 Å². The first-order valence-electron chi connectivity index (χ1n) is 9.03. The van der Waals surface area contributed by atoms with Gasteiger partial charge in [0.2, 0.25) is 0 Å². The molecule has 0 saturated carbocycles. The fourth-order valence-corrected chi connectivity index (χ4v) is 3.50. The molecule has 0 radical (unpaired) electrons. The Morgan fingerprint density at radius 2 is 1.43 bits per heavy atom. The fourth-order valence-electron chi connectivity index (χ4n) is 3.17. The van der Waals surface area contributed by atoms with E-state index in [1.807, 2.05) is 48.5 Å². The molecule has 148 valence electrons. The summed E-state index contributed by atoms with van der Waals surface area (Å²) in [7, 11) is 0. The Bertz CT molecular complexity index is 1260. The summed E-state index contributed by atoms with van der Waals surface area (Å²) in [4.78, 5) is 24.3. The molecule has 0 aliphatic rings. The number of hydrazone groups is 1. The third-order valence-corrected chi connectivity index (χ3v) is 5.12. The summed E-state index contributed by atoms with van der Waals surface area (Å²) >= 11 is 11.9. The van der Waals surface area contributed by atoms with Crippen molar-refractivity contribution in [1.82, 2.24) is 5.43 Å². The number of halogens is 2. The summed E-state index contributed by atoms with van der Waals surface area (Å²) in [5, 5.41) is 11.2. The Kier molecular flexibility index (Phi) is 5.65. The highest BCUT2D eigenvalue weighted by molar-refractivity contribution is 6.42. The molecule has 0 aliphatic carbocycles. The molecule has 5 nitrogen and oxygen atoms in total. The molecule has 2 N–H and O–H groups in total. The summed E-state index contributed by atoms with van der Waals surface area (Å²) in [6.45, 7) is 0. The SMILES string of the molecule is O=C(N/N=C/c1c2ccccc2cc2ccccc12)C(=O)Nc1cc(Cl)ccc1Cl. The number of amides is 2. The van der Waals surface area contributed by atoms with E-state index in [1.54, 1.807) is 12.3 Å². The standard InChI is InChI=1S/C23H15Cl2N3O2/c24-16-9-10-20(25)21(12-16)27-22(29)23(30)28-26-13-19-17-7-3-1-5-14(17)11-15-6-2-4-8-18(15)19/h1-13H,(H,27,29)(H,28,30)/b26-13+. The van der Waals surface area contributed by atoms with Crippen molar-refractivity contribution in [3.05, 3.63) is 88.4 Å². The molecule has 0 saturated heterocycles. The minimum absolute atomic E-state index is 0.244. The summed E-state index contributed by atoms with van der Waals surface area (Å²) < 4.78 is 0. The number of rotatable bonds is 3. The molecule has 7 heteroatoms. The van der Waals surface area contributed by atoms with E-state index in [1.165, 1.54) is 12.1 Å². The molecule has 0 unspecified atom stereocenters. The van der Waals surface area contributed by atoms with E-state index >= 15 is 0 Å². The highest BCUT2D eigenvalue weighted by atomic mass is 35.5. The molecule has 4 aromatic rings. The van der Waals surface area contributed by atoms with Gasteiger partial charge in [0.05, 0.1) is 16.9 Å². The van der Waals surface area contributed by atoms with Gasteiger partial charge in [-0.1, -0.05) is 71.7 Å². The van der Waals surface area contributed by atoms with Crippen LogP contribution in [-0.2, 0) is 9.59 Å². The van der Waals surface area contributed by atoms with Crippen molar-refractivity contribution in [3.63, 3.8) is 0 Å². The molecule has 4 aromatic carbocycles. The normalized spacial score (nSPS) is 11.1. The highest BCUT2D eigenvalue weighted by Gasteiger charge is 2.15. The first-order chi connectivity index (χ1) is 14.5. The van der Waals surface area contributed by atoms with Crippen LogP contribution in [-0.4, -0.2) is 18.0 Å². The first kappa shape index (κ1) is 19.9. The summed E-state index contributed by atoms with van der Waals surface area (Å²) in [5.74, 6) is -1.83. The number of hydrogen-bond donors (Lipinski definition) is 2. The Morgan fingerprint density at radius 1 is 0.800 bits per heavy atom. The van der Waals surface area contributed by atoms with Gasteiger partial charge in [0.1, 0.15) is 0 Å². The van der Waals surface area contributed by atoms with Gasteiger partial charge in [0, 0.05) is 10.6 Å². The third kappa shape index (κ3) is 4.13. The predicted octanol–water partition coefficient (Wildman–Crippen LogP) is 5.39. The zero-order valence-corrected chi connectivity index (χ0v) is 17.0. The average molecular weight is 436 g/mol. The molecule has 0 heterocycles. The van der Waals surface area contributed by atoms with Crippen LogP contribution in [0.4, 0.5) is 5.69 Å². The zero-order chi connectivity index (χ0) is 21.1. The molecule has 0 fully saturated rings. The maximum atomic E-state index is 12.1. The first-order valence-corrected chi connectivity index (χ1v) is 9.78. The molecular weight excluding hydrogens is 421 g/mol. The second-order valence-electron chi connectivity index (χ2n) is 6.51. The smallest absolute Gasteiger partial charge is 0.316 e. The van der Waals surface area contributed by atoms with Gasteiger partial charge in [-0.2, -0.15) is 5.10 Å². The van der Waals surface area contributed by atoms with Crippen LogP contribution in [0, 0.1) is 0 Å². The van der Waals surface area contributed by atoms with Crippen LogP contribution in [0.2, 0.25) is 10.0 Å². The molecule has 30 heavy (non-hydrogen) atoms. The Morgan fingerprint density at radius 3 is 2.10 bits per heavy atom. The van der Waals surface area contributed by atoms with Gasteiger partial charge in [-0.05, 0) is 45.8 Å². The summed E-state index contributed by atoms with van der Waals surface area (Å²) in [6, 6.07) is 22.5.